The van der Waals surface area contributed by atoms with E-state index in [1.165, 1.54) is 43.9 Å². The van der Waals surface area contributed by atoms with Gasteiger partial charge in [0.1, 0.15) is 0 Å². The average Bonchev–Trinajstić information content (AvgIpc) is 2.59. The van der Waals surface area contributed by atoms with Crippen molar-refractivity contribution in [2.45, 2.75) is 45.1 Å². The molecule has 6 heteroatoms. The first-order valence-corrected chi connectivity index (χ1v) is 8.38. The SMILES string of the molecule is CC[C@H]1CCCCN1CCCNC(=O)c1cccc([N+](=O)[O-])c1. The fourth-order valence-corrected chi connectivity index (χ4v) is 3.16. The smallest absolute Gasteiger partial charge is 0.270 e. The molecule has 1 atom stereocenters. The summed E-state index contributed by atoms with van der Waals surface area (Å²) in [4.78, 5) is 24.8. The van der Waals surface area contributed by atoms with E-state index in [4.69, 9.17) is 0 Å². The number of piperidine rings is 1. The Bertz CT molecular complexity index is 548. The summed E-state index contributed by atoms with van der Waals surface area (Å²) in [5.41, 5.74) is 0.278. The van der Waals surface area contributed by atoms with Crippen LogP contribution in [0.1, 0.15) is 49.4 Å². The minimum atomic E-state index is -0.488. The normalized spacial score (nSPS) is 18.6. The lowest BCUT2D eigenvalue weighted by Crippen LogP contribution is -2.40. The van der Waals surface area contributed by atoms with Crippen molar-refractivity contribution < 1.29 is 9.72 Å². The Labute approximate surface area is 137 Å². The zero-order valence-corrected chi connectivity index (χ0v) is 13.7. The number of nitro groups is 1. The van der Waals surface area contributed by atoms with Crippen LogP contribution in [0.15, 0.2) is 24.3 Å². The van der Waals surface area contributed by atoms with Crippen molar-refractivity contribution >= 4 is 11.6 Å². The topological polar surface area (TPSA) is 75.5 Å². The molecule has 1 aromatic carbocycles. The number of carbonyl (C=O) groups is 1. The number of rotatable bonds is 7. The zero-order valence-electron chi connectivity index (χ0n) is 13.7. The van der Waals surface area contributed by atoms with Crippen molar-refractivity contribution in [1.82, 2.24) is 10.2 Å². The molecule has 2 rings (SSSR count). The van der Waals surface area contributed by atoms with Crippen LogP contribution in [0.2, 0.25) is 0 Å². The van der Waals surface area contributed by atoms with E-state index in [2.05, 4.69) is 17.1 Å². The van der Waals surface area contributed by atoms with Crippen LogP contribution in [0.3, 0.4) is 0 Å². The van der Waals surface area contributed by atoms with Gasteiger partial charge in [-0.1, -0.05) is 19.4 Å². The minimum absolute atomic E-state index is 0.0586. The van der Waals surface area contributed by atoms with Crippen LogP contribution in [-0.2, 0) is 0 Å². The number of likely N-dealkylation sites (tertiary alicyclic amines) is 1. The number of hydrogen-bond acceptors (Lipinski definition) is 4. The van der Waals surface area contributed by atoms with Gasteiger partial charge in [-0.05, 0) is 38.3 Å². The van der Waals surface area contributed by atoms with E-state index in [-0.39, 0.29) is 11.6 Å². The number of hydrogen-bond donors (Lipinski definition) is 1. The lowest BCUT2D eigenvalue weighted by Gasteiger charge is -2.35. The summed E-state index contributed by atoms with van der Waals surface area (Å²) in [5.74, 6) is -0.251. The molecule has 1 aromatic rings. The van der Waals surface area contributed by atoms with Crippen LogP contribution in [0.25, 0.3) is 0 Å². The fourth-order valence-electron chi connectivity index (χ4n) is 3.16. The van der Waals surface area contributed by atoms with Crippen LogP contribution < -0.4 is 5.32 Å². The Morgan fingerprint density at radius 3 is 3.00 bits per heavy atom. The maximum absolute atomic E-state index is 12.0. The molecule has 0 aliphatic carbocycles. The maximum atomic E-state index is 12.0. The molecule has 1 saturated heterocycles. The molecule has 1 aliphatic heterocycles. The van der Waals surface area contributed by atoms with Crippen LogP contribution in [0.4, 0.5) is 5.69 Å². The molecule has 0 spiro atoms. The molecule has 1 N–H and O–H groups in total. The quantitative estimate of drug-likeness (QED) is 0.476. The Morgan fingerprint density at radius 1 is 1.43 bits per heavy atom. The molecule has 6 nitrogen and oxygen atoms in total. The molecule has 23 heavy (non-hydrogen) atoms. The molecule has 1 amide bonds. The highest BCUT2D eigenvalue weighted by Gasteiger charge is 2.20. The predicted molar refractivity (Wildman–Crippen MR) is 89.5 cm³/mol. The van der Waals surface area contributed by atoms with E-state index in [0.29, 0.717) is 18.2 Å². The van der Waals surface area contributed by atoms with Gasteiger partial charge in [0.05, 0.1) is 4.92 Å². The van der Waals surface area contributed by atoms with Gasteiger partial charge in [0.15, 0.2) is 0 Å². The molecule has 1 heterocycles. The second kappa shape index (κ2) is 8.62. The number of benzene rings is 1. The molecule has 0 aromatic heterocycles. The summed E-state index contributed by atoms with van der Waals surface area (Å²) in [5, 5.41) is 13.6. The lowest BCUT2D eigenvalue weighted by molar-refractivity contribution is -0.384. The molecule has 1 fully saturated rings. The van der Waals surface area contributed by atoms with Gasteiger partial charge in [0.2, 0.25) is 0 Å². The lowest BCUT2D eigenvalue weighted by atomic mass is 10.00. The molecule has 0 saturated carbocycles. The summed E-state index contributed by atoms with van der Waals surface area (Å²) in [6.45, 7) is 4.96. The van der Waals surface area contributed by atoms with Crippen molar-refractivity contribution in [2.75, 3.05) is 19.6 Å². The maximum Gasteiger partial charge on any atom is 0.270 e. The fraction of sp³-hybridized carbons (Fsp3) is 0.588. The Hall–Kier alpha value is -1.95. The summed E-state index contributed by atoms with van der Waals surface area (Å²) < 4.78 is 0. The van der Waals surface area contributed by atoms with Crippen LogP contribution in [0.5, 0.6) is 0 Å². The molecular formula is C17H25N3O3. The van der Waals surface area contributed by atoms with Crippen molar-refractivity contribution in [3.05, 3.63) is 39.9 Å². The first-order valence-electron chi connectivity index (χ1n) is 8.38. The highest BCUT2D eigenvalue weighted by Crippen LogP contribution is 2.19. The van der Waals surface area contributed by atoms with E-state index in [9.17, 15) is 14.9 Å². The van der Waals surface area contributed by atoms with Gasteiger partial charge >= 0.3 is 0 Å². The number of nitro benzene ring substituents is 1. The van der Waals surface area contributed by atoms with Crippen LogP contribution in [-0.4, -0.2) is 41.4 Å². The summed E-state index contributed by atoms with van der Waals surface area (Å²) in [6, 6.07) is 6.51. The summed E-state index contributed by atoms with van der Waals surface area (Å²) >= 11 is 0. The largest absolute Gasteiger partial charge is 0.352 e. The summed E-state index contributed by atoms with van der Waals surface area (Å²) in [7, 11) is 0. The monoisotopic (exact) mass is 319 g/mol. The van der Waals surface area contributed by atoms with Gasteiger partial charge in [-0.2, -0.15) is 0 Å². The predicted octanol–water partition coefficient (Wildman–Crippen LogP) is 2.98. The first kappa shape index (κ1) is 17.4. The highest BCUT2D eigenvalue weighted by atomic mass is 16.6. The highest BCUT2D eigenvalue weighted by molar-refractivity contribution is 5.94. The van der Waals surface area contributed by atoms with Gasteiger partial charge < -0.3 is 10.2 Å². The van der Waals surface area contributed by atoms with E-state index >= 15 is 0 Å². The van der Waals surface area contributed by atoms with Gasteiger partial charge in [-0.3, -0.25) is 14.9 Å². The number of carbonyl (C=O) groups excluding carboxylic acids is 1. The van der Waals surface area contributed by atoms with Crippen molar-refractivity contribution in [3.8, 4) is 0 Å². The van der Waals surface area contributed by atoms with Crippen LogP contribution in [0, 0.1) is 10.1 Å². The van der Waals surface area contributed by atoms with Gasteiger partial charge in [0.25, 0.3) is 11.6 Å². The third-order valence-corrected chi connectivity index (χ3v) is 4.45. The average molecular weight is 319 g/mol. The third kappa shape index (κ3) is 5.03. The van der Waals surface area contributed by atoms with E-state index in [1.807, 2.05) is 0 Å². The standard InChI is InChI=1S/C17H25N3O3/c1-2-15-8-3-4-11-19(15)12-6-10-18-17(21)14-7-5-9-16(13-14)20(22)23/h5,7,9,13,15H,2-4,6,8,10-12H2,1H3,(H,18,21)/t15-/m0/s1. The Kier molecular flexibility index (Phi) is 6.52. The van der Waals surface area contributed by atoms with Gasteiger partial charge in [-0.15, -0.1) is 0 Å². The Morgan fingerprint density at radius 2 is 2.26 bits per heavy atom. The molecule has 0 radical (unpaired) electrons. The molecule has 126 valence electrons. The number of non-ortho nitro benzene ring substituents is 1. The van der Waals surface area contributed by atoms with Crippen molar-refractivity contribution in [1.29, 1.82) is 0 Å². The second-order valence-corrected chi connectivity index (χ2v) is 6.01. The van der Waals surface area contributed by atoms with Crippen molar-refractivity contribution in [3.63, 3.8) is 0 Å². The van der Waals surface area contributed by atoms with E-state index in [1.54, 1.807) is 6.07 Å². The molecule has 0 unspecified atom stereocenters. The molecule has 1 aliphatic rings. The van der Waals surface area contributed by atoms with Crippen molar-refractivity contribution in [2.24, 2.45) is 0 Å². The molecular weight excluding hydrogens is 294 g/mol. The van der Waals surface area contributed by atoms with Crippen LogP contribution >= 0.6 is 0 Å². The van der Waals surface area contributed by atoms with E-state index in [0.717, 1.165) is 19.5 Å². The first-order chi connectivity index (χ1) is 11.1. The third-order valence-electron chi connectivity index (χ3n) is 4.45. The minimum Gasteiger partial charge on any atom is -0.352 e. The number of nitrogens with one attached hydrogen (secondary N) is 1. The number of amides is 1. The number of nitrogens with zero attached hydrogens (tertiary/aromatic N) is 2. The second-order valence-electron chi connectivity index (χ2n) is 6.01. The van der Waals surface area contributed by atoms with Gasteiger partial charge in [-0.25, -0.2) is 0 Å². The molecule has 0 bridgehead atoms. The summed E-state index contributed by atoms with van der Waals surface area (Å²) in [6.07, 6.45) is 5.93. The zero-order chi connectivity index (χ0) is 16.7. The Balaban J connectivity index is 1.76. The van der Waals surface area contributed by atoms with E-state index < -0.39 is 4.92 Å². The van der Waals surface area contributed by atoms with Gasteiger partial charge in [0, 0.05) is 36.8 Å².